The van der Waals surface area contributed by atoms with Crippen LogP contribution in [0.15, 0.2) is 6.33 Å². The average Bonchev–Trinajstić information content (AvgIpc) is 2.90. The summed E-state index contributed by atoms with van der Waals surface area (Å²) in [5.41, 5.74) is 1.17. The highest BCUT2D eigenvalue weighted by Gasteiger charge is 2.22. The van der Waals surface area contributed by atoms with Gasteiger partial charge in [-0.2, -0.15) is 10.2 Å². The number of aryl methyl sites for hydroxylation is 3. The summed E-state index contributed by atoms with van der Waals surface area (Å²) in [6, 6.07) is 0. The number of hydrogen-bond donors (Lipinski definition) is 0. The molecule has 9 heteroatoms. The van der Waals surface area contributed by atoms with Gasteiger partial charge in [0.15, 0.2) is 9.84 Å². The van der Waals surface area contributed by atoms with Crippen molar-refractivity contribution in [1.29, 1.82) is 0 Å². The van der Waals surface area contributed by atoms with Gasteiger partial charge < -0.3 is 0 Å². The van der Waals surface area contributed by atoms with Crippen molar-refractivity contribution in [3.05, 3.63) is 28.6 Å². The van der Waals surface area contributed by atoms with Crippen LogP contribution in [0, 0.1) is 6.92 Å². The molecular weight excluding hydrogens is 314 g/mol. The number of nitrogens with zero attached hydrogens (tertiary/aromatic N) is 5. The first-order valence-electron chi connectivity index (χ1n) is 6.59. The van der Waals surface area contributed by atoms with E-state index >= 15 is 0 Å². The molecule has 0 atom stereocenters. The number of rotatable bonds is 6. The van der Waals surface area contributed by atoms with Crippen LogP contribution in [-0.2, 0) is 34.9 Å². The molecule has 116 valence electrons. The smallest absolute Gasteiger partial charge is 0.161 e. The van der Waals surface area contributed by atoms with Crippen LogP contribution in [0.1, 0.15) is 30.4 Å². The van der Waals surface area contributed by atoms with Crippen LogP contribution in [0.2, 0.25) is 5.15 Å². The van der Waals surface area contributed by atoms with Crippen molar-refractivity contribution in [3.63, 3.8) is 0 Å². The number of sulfone groups is 1. The van der Waals surface area contributed by atoms with E-state index in [1.54, 1.807) is 18.7 Å². The Hall–Kier alpha value is -1.41. The van der Waals surface area contributed by atoms with E-state index in [1.807, 2.05) is 6.92 Å². The van der Waals surface area contributed by atoms with Gasteiger partial charge in [0, 0.05) is 19.2 Å². The second-order valence-corrected chi connectivity index (χ2v) is 7.33. The van der Waals surface area contributed by atoms with Crippen LogP contribution in [0.25, 0.3) is 0 Å². The number of hydrogen-bond acceptors (Lipinski definition) is 5. The van der Waals surface area contributed by atoms with Crippen molar-refractivity contribution < 1.29 is 8.42 Å². The van der Waals surface area contributed by atoms with Crippen molar-refractivity contribution in [2.75, 3.05) is 0 Å². The summed E-state index contributed by atoms with van der Waals surface area (Å²) >= 11 is 6.09. The fraction of sp³-hybridized carbons (Fsp3) is 0.583. The molecule has 2 aromatic heterocycles. The molecule has 2 rings (SSSR count). The molecule has 0 saturated carbocycles. The van der Waals surface area contributed by atoms with E-state index in [2.05, 4.69) is 15.2 Å². The Kier molecular flexibility index (Phi) is 4.67. The van der Waals surface area contributed by atoms with Crippen LogP contribution >= 0.6 is 11.6 Å². The largest absolute Gasteiger partial charge is 0.257 e. The van der Waals surface area contributed by atoms with Gasteiger partial charge in [0.2, 0.25) is 0 Å². The van der Waals surface area contributed by atoms with Gasteiger partial charge in [0.1, 0.15) is 23.1 Å². The van der Waals surface area contributed by atoms with E-state index < -0.39 is 9.84 Å². The van der Waals surface area contributed by atoms with Gasteiger partial charge in [0.05, 0.1) is 11.4 Å². The van der Waals surface area contributed by atoms with Gasteiger partial charge in [-0.3, -0.25) is 4.68 Å². The monoisotopic (exact) mass is 331 g/mol. The van der Waals surface area contributed by atoms with Crippen LogP contribution in [0.5, 0.6) is 0 Å². The Morgan fingerprint density at radius 1 is 1.33 bits per heavy atom. The third-order valence-corrected chi connectivity index (χ3v) is 5.01. The Balaban J connectivity index is 2.21. The summed E-state index contributed by atoms with van der Waals surface area (Å²) in [4.78, 5) is 4.03. The Morgan fingerprint density at radius 3 is 2.62 bits per heavy atom. The highest BCUT2D eigenvalue weighted by molar-refractivity contribution is 7.89. The van der Waals surface area contributed by atoms with Crippen LogP contribution in [0.3, 0.4) is 0 Å². The SMILES string of the molecule is CCCn1ncnc1CS(=O)(=O)Cc1c(C)nn(C)c1Cl. The maximum absolute atomic E-state index is 12.4. The third kappa shape index (κ3) is 3.62. The van der Waals surface area contributed by atoms with Crippen LogP contribution in [-0.4, -0.2) is 33.0 Å². The summed E-state index contributed by atoms with van der Waals surface area (Å²) in [6.07, 6.45) is 2.24. The molecule has 0 bridgehead atoms. The molecule has 0 aliphatic rings. The predicted octanol–water partition coefficient (Wildman–Crippen LogP) is 1.50. The van der Waals surface area contributed by atoms with Crippen molar-refractivity contribution in [2.24, 2.45) is 7.05 Å². The van der Waals surface area contributed by atoms with Crippen LogP contribution in [0.4, 0.5) is 0 Å². The molecule has 0 N–H and O–H groups in total. The molecule has 7 nitrogen and oxygen atoms in total. The van der Waals surface area contributed by atoms with Gasteiger partial charge in [0.25, 0.3) is 0 Å². The first kappa shape index (κ1) is 16.0. The van der Waals surface area contributed by atoms with Gasteiger partial charge in [-0.25, -0.2) is 18.1 Å². The summed E-state index contributed by atoms with van der Waals surface area (Å²) in [6.45, 7) is 4.40. The average molecular weight is 332 g/mol. The Labute approximate surface area is 128 Å². The maximum Gasteiger partial charge on any atom is 0.161 e. The predicted molar refractivity (Wildman–Crippen MR) is 79.6 cm³/mol. The van der Waals surface area contributed by atoms with Crippen molar-refractivity contribution in [2.45, 2.75) is 38.3 Å². The van der Waals surface area contributed by atoms with Crippen molar-refractivity contribution >= 4 is 21.4 Å². The minimum atomic E-state index is -3.39. The molecule has 0 spiro atoms. The van der Waals surface area contributed by atoms with E-state index in [0.29, 0.717) is 28.8 Å². The van der Waals surface area contributed by atoms with E-state index in [9.17, 15) is 8.42 Å². The van der Waals surface area contributed by atoms with Gasteiger partial charge >= 0.3 is 0 Å². The second-order valence-electron chi connectivity index (χ2n) is 4.91. The molecular formula is C12H18ClN5O2S. The normalized spacial score (nSPS) is 12.0. The molecule has 0 unspecified atom stereocenters. The molecule has 0 saturated heterocycles. The first-order chi connectivity index (χ1) is 9.84. The zero-order valence-electron chi connectivity index (χ0n) is 12.2. The topological polar surface area (TPSA) is 82.7 Å². The summed E-state index contributed by atoms with van der Waals surface area (Å²) in [5.74, 6) is 0.150. The summed E-state index contributed by atoms with van der Waals surface area (Å²) in [7, 11) is -1.71. The summed E-state index contributed by atoms with van der Waals surface area (Å²) in [5, 5.41) is 8.51. The second kappa shape index (κ2) is 6.15. The van der Waals surface area contributed by atoms with E-state index in [1.165, 1.54) is 11.0 Å². The molecule has 2 aromatic rings. The molecule has 0 aliphatic heterocycles. The first-order valence-corrected chi connectivity index (χ1v) is 8.79. The van der Waals surface area contributed by atoms with Gasteiger partial charge in [-0.05, 0) is 13.3 Å². The summed E-state index contributed by atoms with van der Waals surface area (Å²) < 4.78 is 27.8. The van der Waals surface area contributed by atoms with Crippen molar-refractivity contribution in [3.8, 4) is 0 Å². The molecule has 0 aliphatic carbocycles. The van der Waals surface area contributed by atoms with E-state index in [-0.39, 0.29) is 11.5 Å². The Bertz CT molecular complexity index is 735. The number of halogens is 1. The van der Waals surface area contributed by atoms with Crippen molar-refractivity contribution in [1.82, 2.24) is 24.5 Å². The Morgan fingerprint density at radius 2 is 2.05 bits per heavy atom. The lowest BCUT2D eigenvalue weighted by molar-refractivity contribution is 0.566. The molecule has 2 heterocycles. The minimum Gasteiger partial charge on any atom is -0.257 e. The highest BCUT2D eigenvalue weighted by atomic mass is 35.5. The van der Waals surface area contributed by atoms with E-state index in [0.717, 1.165) is 6.42 Å². The molecule has 21 heavy (non-hydrogen) atoms. The lowest BCUT2D eigenvalue weighted by atomic mass is 10.3. The fourth-order valence-electron chi connectivity index (χ4n) is 2.10. The quantitative estimate of drug-likeness (QED) is 0.801. The number of aromatic nitrogens is 5. The highest BCUT2D eigenvalue weighted by Crippen LogP contribution is 2.22. The zero-order chi connectivity index (χ0) is 15.6. The molecule has 0 fully saturated rings. The molecule has 0 amide bonds. The standard InChI is InChI=1S/C12H18ClN5O2S/c1-4-5-18-11(14-8-15-18)7-21(19,20)6-10-9(2)16-17(3)12(10)13/h8H,4-7H2,1-3H3. The van der Waals surface area contributed by atoms with Gasteiger partial charge in [-0.15, -0.1) is 0 Å². The lowest BCUT2D eigenvalue weighted by Gasteiger charge is -2.06. The lowest BCUT2D eigenvalue weighted by Crippen LogP contribution is -2.14. The van der Waals surface area contributed by atoms with Crippen LogP contribution < -0.4 is 0 Å². The minimum absolute atomic E-state index is 0.148. The molecule has 0 aromatic carbocycles. The molecule has 0 radical (unpaired) electrons. The zero-order valence-corrected chi connectivity index (χ0v) is 13.8. The fourth-order valence-corrected chi connectivity index (χ4v) is 3.93. The van der Waals surface area contributed by atoms with E-state index in [4.69, 9.17) is 11.6 Å². The van der Waals surface area contributed by atoms with Gasteiger partial charge in [-0.1, -0.05) is 18.5 Å². The maximum atomic E-state index is 12.4. The third-order valence-electron chi connectivity index (χ3n) is 3.11.